The summed E-state index contributed by atoms with van der Waals surface area (Å²) in [5.41, 5.74) is 7.10. The predicted octanol–water partition coefficient (Wildman–Crippen LogP) is 3.17. The van der Waals surface area contributed by atoms with Gasteiger partial charge in [0.15, 0.2) is 0 Å². The maximum atomic E-state index is 6.00. The van der Waals surface area contributed by atoms with E-state index in [2.05, 4.69) is 0 Å². The lowest BCUT2D eigenvalue weighted by molar-refractivity contribution is 0.0208. The van der Waals surface area contributed by atoms with Crippen molar-refractivity contribution in [3.8, 4) is 5.75 Å². The van der Waals surface area contributed by atoms with E-state index in [1.165, 1.54) is 0 Å². The molecule has 0 aromatic heterocycles. The van der Waals surface area contributed by atoms with E-state index in [1.54, 1.807) is 0 Å². The van der Waals surface area contributed by atoms with Crippen molar-refractivity contribution in [2.75, 3.05) is 13.2 Å². The van der Waals surface area contributed by atoms with Crippen molar-refractivity contribution in [3.63, 3.8) is 0 Å². The Bertz CT molecular complexity index is 485. The molecule has 20 heavy (non-hydrogen) atoms. The average Bonchev–Trinajstić information content (AvgIpc) is 2.49. The summed E-state index contributed by atoms with van der Waals surface area (Å²) in [4.78, 5) is 0. The second-order valence-corrected chi connectivity index (χ2v) is 4.72. The van der Waals surface area contributed by atoms with Crippen molar-refractivity contribution >= 4 is 0 Å². The highest BCUT2D eigenvalue weighted by Crippen LogP contribution is 2.19. The number of benzene rings is 2. The van der Waals surface area contributed by atoms with E-state index in [0.717, 1.165) is 11.3 Å². The quantitative estimate of drug-likeness (QED) is 0.787. The van der Waals surface area contributed by atoms with Crippen LogP contribution in [0.2, 0.25) is 0 Å². The van der Waals surface area contributed by atoms with E-state index in [0.29, 0.717) is 13.2 Å². The number of hydrogen-bond acceptors (Lipinski definition) is 3. The predicted molar refractivity (Wildman–Crippen MR) is 80.7 cm³/mol. The topological polar surface area (TPSA) is 44.5 Å². The third kappa shape index (κ3) is 4.37. The fraction of sp³-hybridized carbons (Fsp3) is 0.294. The molecule has 2 aromatic rings. The summed E-state index contributed by atoms with van der Waals surface area (Å²) in [6, 6.07) is 19.7. The summed E-state index contributed by atoms with van der Waals surface area (Å²) < 4.78 is 11.5. The lowest BCUT2D eigenvalue weighted by Crippen LogP contribution is -2.28. The van der Waals surface area contributed by atoms with Crippen LogP contribution < -0.4 is 10.5 Å². The molecule has 0 aliphatic carbocycles. The maximum Gasteiger partial charge on any atom is 0.119 e. The summed E-state index contributed by atoms with van der Waals surface area (Å²) in [6.07, 6.45) is -0.101. The van der Waals surface area contributed by atoms with Crippen molar-refractivity contribution < 1.29 is 9.47 Å². The van der Waals surface area contributed by atoms with Gasteiger partial charge >= 0.3 is 0 Å². The minimum Gasteiger partial charge on any atom is -0.491 e. The fourth-order valence-corrected chi connectivity index (χ4v) is 2.05. The van der Waals surface area contributed by atoms with Gasteiger partial charge in [-0.05, 0) is 24.6 Å². The first-order valence-corrected chi connectivity index (χ1v) is 6.87. The van der Waals surface area contributed by atoms with Gasteiger partial charge in [-0.25, -0.2) is 0 Å². The molecule has 0 aliphatic rings. The van der Waals surface area contributed by atoms with E-state index in [9.17, 15) is 0 Å². The molecule has 0 radical (unpaired) electrons. The molecule has 0 bridgehead atoms. The Morgan fingerprint density at radius 2 is 1.50 bits per heavy atom. The van der Waals surface area contributed by atoms with Gasteiger partial charge in [-0.2, -0.15) is 0 Å². The normalized spacial score (nSPS) is 13.7. The smallest absolute Gasteiger partial charge is 0.119 e. The number of hydrogen-bond donors (Lipinski definition) is 1. The van der Waals surface area contributed by atoms with Crippen LogP contribution in [-0.2, 0) is 4.74 Å². The number of nitrogens with two attached hydrogens (primary N) is 1. The van der Waals surface area contributed by atoms with E-state index in [-0.39, 0.29) is 12.1 Å². The molecule has 2 N–H and O–H groups in total. The van der Waals surface area contributed by atoms with Crippen LogP contribution in [0.25, 0.3) is 0 Å². The highest BCUT2D eigenvalue weighted by atomic mass is 16.5. The van der Waals surface area contributed by atoms with E-state index >= 15 is 0 Å². The van der Waals surface area contributed by atoms with Gasteiger partial charge in [-0.15, -0.1) is 0 Å². The third-order valence-electron chi connectivity index (χ3n) is 3.00. The minimum atomic E-state index is -0.101. The molecule has 3 heteroatoms. The van der Waals surface area contributed by atoms with Gasteiger partial charge in [0.05, 0.1) is 12.7 Å². The molecule has 2 atom stereocenters. The number of para-hydroxylation sites is 1. The first-order chi connectivity index (χ1) is 9.77. The molecule has 2 rings (SSSR count). The van der Waals surface area contributed by atoms with E-state index < -0.39 is 0 Å². The monoisotopic (exact) mass is 271 g/mol. The Morgan fingerprint density at radius 3 is 2.10 bits per heavy atom. The number of ether oxygens (including phenoxy) is 2. The first kappa shape index (κ1) is 14.6. The summed E-state index contributed by atoms with van der Waals surface area (Å²) in [5.74, 6) is 0.855. The second kappa shape index (κ2) is 7.68. The van der Waals surface area contributed by atoms with Gasteiger partial charge in [0.25, 0.3) is 0 Å². The van der Waals surface area contributed by atoms with Gasteiger partial charge in [0, 0.05) is 6.04 Å². The van der Waals surface area contributed by atoms with Crippen molar-refractivity contribution in [2.45, 2.75) is 19.1 Å². The highest BCUT2D eigenvalue weighted by Gasteiger charge is 2.16. The van der Waals surface area contributed by atoms with Crippen LogP contribution in [0.1, 0.15) is 18.6 Å². The van der Waals surface area contributed by atoms with Crippen LogP contribution in [0.3, 0.4) is 0 Å². The SMILES string of the molecule is CC(N)C(OCCOc1ccccc1)c1ccccc1. The molecule has 2 aromatic carbocycles. The Morgan fingerprint density at radius 1 is 0.900 bits per heavy atom. The van der Waals surface area contributed by atoms with Crippen LogP contribution in [0.4, 0.5) is 0 Å². The molecule has 106 valence electrons. The van der Waals surface area contributed by atoms with E-state index in [4.69, 9.17) is 15.2 Å². The summed E-state index contributed by atoms with van der Waals surface area (Å²) >= 11 is 0. The van der Waals surface area contributed by atoms with Crippen LogP contribution >= 0.6 is 0 Å². The summed E-state index contributed by atoms with van der Waals surface area (Å²) in [5, 5.41) is 0. The van der Waals surface area contributed by atoms with E-state index in [1.807, 2.05) is 67.6 Å². The Labute approximate surface area is 120 Å². The van der Waals surface area contributed by atoms with Crippen molar-refractivity contribution in [1.29, 1.82) is 0 Å². The van der Waals surface area contributed by atoms with Crippen molar-refractivity contribution in [1.82, 2.24) is 0 Å². The zero-order chi connectivity index (χ0) is 14.2. The van der Waals surface area contributed by atoms with Gasteiger partial charge in [0.2, 0.25) is 0 Å². The van der Waals surface area contributed by atoms with Gasteiger partial charge in [0.1, 0.15) is 12.4 Å². The van der Waals surface area contributed by atoms with Crippen molar-refractivity contribution in [3.05, 3.63) is 66.2 Å². The molecular weight excluding hydrogens is 250 g/mol. The lowest BCUT2D eigenvalue weighted by atomic mass is 10.0. The highest BCUT2D eigenvalue weighted by molar-refractivity contribution is 5.21. The molecule has 0 aliphatic heterocycles. The Kier molecular flexibility index (Phi) is 5.59. The van der Waals surface area contributed by atoms with Crippen LogP contribution in [0.5, 0.6) is 5.75 Å². The maximum absolute atomic E-state index is 6.00. The standard InChI is InChI=1S/C17H21NO2/c1-14(18)17(15-8-4-2-5-9-15)20-13-12-19-16-10-6-3-7-11-16/h2-11,14,17H,12-13,18H2,1H3. The fourth-order valence-electron chi connectivity index (χ4n) is 2.05. The minimum absolute atomic E-state index is 0.0610. The largest absolute Gasteiger partial charge is 0.491 e. The molecular formula is C17H21NO2. The molecule has 0 spiro atoms. The lowest BCUT2D eigenvalue weighted by Gasteiger charge is -2.22. The van der Waals surface area contributed by atoms with Crippen LogP contribution in [-0.4, -0.2) is 19.3 Å². The van der Waals surface area contributed by atoms with Crippen LogP contribution in [0.15, 0.2) is 60.7 Å². The first-order valence-electron chi connectivity index (χ1n) is 6.87. The number of rotatable bonds is 7. The molecule has 0 heterocycles. The van der Waals surface area contributed by atoms with Gasteiger partial charge < -0.3 is 15.2 Å². The molecule has 0 saturated carbocycles. The van der Waals surface area contributed by atoms with Gasteiger partial charge in [-0.3, -0.25) is 0 Å². The molecule has 0 amide bonds. The molecule has 0 fully saturated rings. The molecule has 0 saturated heterocycles. The van der Waals surface area contributed by atoms with Crippen LogP contribution in [0, 0.1) is 0 Å². The Hall–Kier alpha value is -1.84. The zero-order valence-electron chi connectivity index (χ0n) is 11.7. The summed E-state index contributed by atoms with van der Waals surface area (Å²) in [6.45, 7) is 2.98. The van der Waals surface area contributed by atoms with Gasteiger partial charge in [-0.1, -0.05) is 48.5 Å². The van der Waals surface area contributed by atoms with Crippen molar-refractivity contribution in [2.24, 2.45) is 5.73 Å². The molecule has 3 nitrogen and oxygen atoms in total. The Balaban J connectivity index is 1.82. The average molecular weight is 271 g/mol. The molecule has 2 unspecified atom stereocenters. The summed E-state index contributed by atoms with van der Waals surface area (Å²) in [7, 11) is 0. The second-order valence-electron chi connectivity index (χ2n) is 4.72. The third-order valence-corrected chi connectivity index (χ3v) is 3.00. The zero-order valence-corrected chi connectivity index (χ0v) is 11.7.